The fourth-order valence-corrected chi connectivity index (χ4v) is 2.40. The summed E-state index contributed by atoms with van der Waals surface area (Å²) in [5.74, 6) is -0.179. The second-order valence-electron chi connectivity index (χ2n) is 5.66. The van der Waals surface area contributed by atoms with Gasteiger partial charge in [-0.2, -0.15) is 0 Å². The Bertz CT molecular complexity index is 258. The van der Waals surface area contributed by atoms with Gasteiger partial charge in [0.2, 0.25) is 0 Å². The summed E-state index contributed by atoms with van der Waals surface area (Å²) in [4.78, 5) is 13.3. The first-order valence-electron chi connectivity index (χ1n) is 5.59. The van der Waals surface area contributed by atoms with E-state index in [2.05, 4.69) is 39.6 Å². The Labute approximate surface area is 92.8 Å². The van der Waals surface area contributed by atoms with Crippen molar-refractivity contribution in [3.05, 3.63) is 0 Å². The number of nitrogens with zero attached hydrogens (tertiary/aromatic N) is 1. The van der Waals surface area contributed by atoms with Crippen molar-refractivity contribution in [2.45, 2.75) is 64.6 Å². The van der Waals surface area contributed by atoms with E-state index in [9.17, 15) is 4.79 Å². The van der Waals surface area contributed by atoms with Gasteiger partial charge in [0.05, 0.1) is 5.54 Å². The third-order valence-electron chi connectivity index (χ3n) is 3.89. The molecule has 1 aliphatic heterocycles. The monoisotopic (exact) mass is 213 g/mol. The van der Waals surface area contributed by atoms with Gasteiger partial charge in [0.25, 0.3) is 0 Å². The van der Waals surface area contributed by atoms with Gasteiger partial charge in [-0.05, 0) is 47.6 Å². The zero-order valence-corrected chi connectivity index (χ0v) is 10.8. The largest absolute Gasteiger partial charge is 0.461 e. The van der Waals surface area contributed by atoms with Crippen LogP contribution in [0.2, 0.25) is 0 Å². The van der Waals surface area contributed by atoms with E-state index in [0.717, 1.165) is 12.8 Å². The second kappa shape index (κ2) is 3.78. The van der Waals surface area contributed by atoms with Gasteiger partial charge in [0.1, 0.15) is 6.10 Å². The Hall–Kier alpha value is -0.570. The minimum Gasteiger partial charge on any atom is -0.461 e. The minimum atomic E-state index is -0.179. The van der Waals surface area contributed by atoms with Crippen LogP contribution in [0.25, 0.3) is 0 Å². The van der Waals surface area contributed by atoms with Crippen molar-refractivity contribution >= 4 is 5.97 Å². The maximum Gasteiger partial charge on any atom is 0.302 e. The third kappa shape index (κ3) is 2.33. The standard InChI is InChI=1S/C12H23NO2/c1-9(14)15-10-7-8-11(2,3)13(6)12(10,4)5/h10H,7-8H2,1-6H3. The van der Waals surface area contributed by atoms with Crippen LogP contribution in [0.5, 0.6) is 0 Å². The third-order valence-corrected chi connectivity index (χ3v) is 3.89. The Morgan fingerprint density at radius 2 is 1.87 bits per heavy atom. The maximum atomic E-state index is 11.0. The molecule has 0 amide bonds. The van der Waals surface area contributed by atoms with E-state index in [0.29, 0.717) is 0 Å². The van der Waals surface area contributed by atoms with E-state index in [1.807, 2.05) is 0 Å². The van der Waals surface area contributed by atoms with Crippen molar-refractivity contribution in [3.63, 3.8) is 0 Å². The highest BCUT2D eigenvalue weighted by molar-refractivity contribution is 5.66. The fraction of sp³-hybridized carbons (Fsp3) is 0.917. The minimum absolute atomic E-state index is 0.00743. The lowest BCUT2D eigenvalue weighted by Gasteiger charge is -2.54. The van der Waals surface area contributed by atoms with Crippen molar-refractivity contribution in [1.82, 2.24) is 4.90 Å². The number of rotatable bonds is 1. The summed E-state index contributed by atoms with van der Waals surface area (Å²) in [6.45, 7) is 10.2. The molecule has 0 N–H and O–H groups in total. The Balaban J connectivity index is 2.84. The molecule has 1 atom stereocenters. The molecular formula is C12H23NO2. The molecule has 1 saturated heterocycles. The van der Waals surface area contributed by atoms with E-state index in [1.165, 1.54) is 6.92 Å². The molecule has 88 valence electrons. The van der Waals surface area contributed by atoms with Crippen LogP contribution in [0.3, 0.4) is 0 Å². The van der Waals surface area contributed by atoms with Crippen LogP contribution in [0.4, 0.5) is 0 Å². The maximum absolute atomic E-state index is 11.0. The zero-order chi connectivity index (χ0) is 11.9. The summed E-state index contributed by atoms with van der Waals surface area (Å²) in [6.07, 6.45) is 2.02. The van der Waals surface area contributed by atoms with Crippen LogP contribution in [-0.2, 0) is 9.53 Å². The summed E-state index contributed by atoms with van der Waals surface area (Å²) in [6, 6.07) is 0. The van der Waals surface area contributed by atoms with Gasteiger partial charge in [-0.15, -0.1) is 0 Å². The fourth-order valence-electron chi connectivity index (χ4n) is 2.40. The van der Waals surface area contributed by atoms with Crippen molar-refractivity contribution in [1.29, 1.82) is 0 Å². The molecule has 1 unspecified atom stereocenters. The molecule has 0 aromatic rings. The van der Waals surface area contributed by atoms with Crippen LogP contribution >= 0.6 is 0 Å². The number of carbonyl (C=O) groups is 1. The number of hydrogen-bond donors (Lipinski definition) is 0. The van der Waals surface area contributed by atoms with Gasteiger partial charge in [-0.3, -0.25) is 9.69 Å². The van der Waals surface area contributed by atoms with Gasteiger partial charge in [-0.25, -0.2) is 0 Å². The van der Waals surface area contributed by atoms with Gasteiger partial charge in [-0.1, -0.05) is 0 Å². The number of hydrogen-bond acceptors (Lipinski definition) is 3. The summed E-state index contributed by atoms with van der Waals surface area (Å²) >= 11 is 0. The number of ether oxygens (including phenoxy) is 1. The summed E-state index contributed by atoms with van der Waals surface area (Å²) in [7, 11) is 2.11. The molecule has 15 heavy (non-hydrogen) atoms. The number of likely N-dealkylation sites (tertiary alicyclic amines) is 1. The molecule has 3 nitrogen and oxygen atoms in total. The Morgan fingerprint density at radius 1 is 1.33 bits per heavy atom. The SMILES string of the molecule is CC(=O)OC1CCC(C)(C)N(C)C1(C)C. The van der Waals surface area contributed by atoms with Gasteiger partial charge >= 0.3 is 5.97 Å². The highest BCUT2D eigenvalue weighted by Crippen LogP contribution is 2.38. The van der Waals surface area contributed by atoms with Crippen LogP contribution < -0.4 is 0 Å². The first-order chi connectivity index (χ1) is 6.68. The van der Waals surface area contributed by atoms with E-state index in [-0.39, 0.29) is 23.2 Å². The average Bonchev–Trinajstić information content (AvgIpc) is 2.08. The first kappa shape index (κ1) is 12.5. The zero-order valence-electron chi connectivity index (χ0n) is 10.8. The van der Waals surface area contributed by atoms with E-state index >= 15 is 0 Å². The van der Waals surface area contributed by atoms with Gasteiger partial charge in [0, 0.05) is 12.5 Å². The average molecular weight is 213 g/mol. The van der Waals surface area contributed by atoms with Crippen molar-refractivity contribution in [2.75, 3.05) is 7.05 Å². The predicted octanol–water partition coefficient (Wildman–Crippen LogP) is 2.20. The highest BCUT2D eigenvalue weighted by atomic mass is 16.5. The van der Waals surface area contributed by atoms with E-state index < -0.39 is 0 Å². The van der Waals surface area contributed by atoms with Crippen LogP contribution in [-0.4, -0.2) is 35.1 Å². The van der Waals surface area contributed by atoms with Gasteiger partial charge in [0.15, 0.2) is 0 Å². The van der Waals surface area contributed by atoms with Crippen molar-refractivity contribution in [2.24, 2.45) is 0 Å². The molecule has 0 radical (unpaired) electrons. The molecular weight excluding hydrogens is 190 g/mol. The molecule has 0 aromatic carbocycles. The summed E-state index contributed by atoms with van der Waals surface area (Å²) in [5, 5.41) is 0. The molecule has 1 aliphatic rings. The molecule has 1 heterocycles. The molecule has 0 spiro atoms. The van der Waals surface area contributed by atoms with Crippen molar-refractivity contribution < 1.29 is 9.53 Å². The number of carbonyl (C=O) groups excluding carboxylic acids is 1. The molecule has 1 rings (SSSR count). The number of esters is 1. The molecule has 0 aliphatic carbocycles. The van der Waals surface area contributed by atoms with Crippen LogP contribution in [0.1, 0.15) is 47.5 Å². The second-order valence-corrected chi connectivity index (χ2v) is 5.66. The lowest BCUT2D eigenvalue weighted by Crippen LogP contribution is -2.63. The molecule has 1 fully saturated rings. The smallest absolute Gasteiger partial charge is 0.302 e. The highest BCUT2D eigenvalue weighted by Gasteiger charge is 2.46. The normalized spacial score (nSPS) is 29.9. The quantitative estimate of drug-likeness (QED) is 0.625. The topological polar surface area (TPSA) is 29.5 Å². The van der Waals surface area contributed by atoms with E-state index in [4.69, 9.17) is 4.74 Å². The van der Waals surface area contributed by atoms with Gasteiger partial charge < -0.3 is 4.74 Å². The predicted molar refractivity (Wildman–Crippen MR) is 60.7 cm³/mol. The molecule has 0 aromatic heterocycles. The van der Waals surface area contributed by atoms with Crippen LogP contribution in [0.15, 0.2) is 0 Å². The lowest BCUT2D eigenvalue weighted by atomic mass is 9.78. The molecule has 3 heteroatoms. The summed E-state index contributed by atoms with van der Waals surface area (Å²) in [5.41, 5.74) is 0.0908. The number of piperidine rings is 1. The number of likely N-dealkylation sites (N-methyl/N-ethyl adjacent to an activating group) is 1. The first-order valence-corrected chi connectivity index (χ1v) is 5.59. The summed E-state index contributed by atoms with van der Waals surface area (Å²) < 4.78 is 5.39. The molecule has 0 bridgehead atoms. The van der Waals surface area contributed by atoms with E-state index in [1.54, 1.807) is 0 Å². The van der Waals surface area contributed by atoms with Crippen molar-refractivity contribution in [3.8, 4) is 0 Å². The molecule has 0 saturated carbocycles. The van der Waals surface area contributed by atoms with Crippen LogP contribution in [0, 0.1) is 0 Å². The Morgan fingerprint density at radius 3 is 2.33 bits per heavy atom. The lowest BCUT2D eigenvalue weighted by molar-refractivity contribution is -0.164. The Kier molecular flexibility index (Phi) is 3.15.